The monoisotopic (exact) mass is 321 g/mol. The average molecular weight is 321 g/mol. The van der Waals surface area contributed by atoms with E-state index in [2.05, 4.69) is 0 Å². The summed E-state index contributed by atoms with van der Waals surface area (Å²) in [5.41, 5.74) is 0.699. The molecule has 0 unspecified atom stereocenters. The van der Waals surface area contributed by atoms with Gasteiger partial charge in [0.05, 0.1) is 25.9 Å². The molecule has 5 heteroatoms. The van der Waals surface area contributed by atoms with Crippen LogP contribution in [0, 0.1) is 0 Å². The molecule has 0 bridgehead atoms. The zero-order valence-corrected chi connectivity index (χ0v) is 14.5. The Balaban J connectivity index is 1.89. The fourth-order valence-corrected chi connectivity index (χ4v) is 2.49. The van der Waals surface area contributed by atoms with E-state index in [1.165, 1.54) is 5.56 Å². The van der Waals surface area contributed by atoms with Crippen LogP contribution >= 0.6 is 0 Å². The molecule has 1 aliphatic heterocycles. The molecular weight excluding hydrogens is 294 g/mol. The van der Waals surface area contributed by atoms with E-state index in [0.29, 0.717) is 26.3 Å². The number of nitrogens with zero attached hydrogens (tertiary/aromatic N) is 1. The normalized spacial score (nSPS) is 18.6. The number of hydrogen-bond donors (Lipinski definition) is 0. The molecule has 1 saturated heterocycles. The van der Waals surface area contributed by atoms with Crippen molar-refractivity contribution in [3.8, 4) is 5.75 Å². The Kier molecular flexibility index (Phi) is 5.88. The number of rotatable bonds is 4. The summed E-state index contributed by atoms with van der Waals surface area (Å²) in [6.07, 6.45) is 0.498. The summed E-state index contributed by atoms with van der Waals surface area (Å²) in [7, 11) is 0. The first-order valence-corrected chi connectivity index (χ1v) is 8.18. The average Bonchev–Trinajstić information content (AvgIpc) is 2.48. The molecule has 1 heterocycles. The molecule has 1 atom stereocenters. The first kappa shape index (κ1) is 17.6. The van der Waals surface area contributed by atoms with Crippen molar-refractivity contribution in [3.63, 3.8) is 0 Å². The van der Waals surface area contributed by atoms with Crippen LogP contribution in [0.5, 0.6) is 5.75 Å². The molecule has 1 amide bonds. The van der Waals surface area contributed by atoms with Crippen molar-refractivity contribution in [1.29, 1.82) is 0 Å². The summed E-state index contributed by atoms with van der Waals surface area (Å²) >= 11 is 0. The first-order chi connectivity index (χ1) is 10.9. The van der Waals surface area contributed by atoms with Gasteiger partial charge in [-0.25, -0.2) is 4.79 Å². The van der Waals surface area contributed by atoms with Gasteiger partial charge >= 0.3 is 6.09 Å². The van der Waals surface area contributed by atoms with E-state index in [1.54, 1.807) is 4.90 Å². The molecule has 1 fully saturated rings. The highest BCUT2D eigenvalue weighted by Crippen LogP contribution is 2.18. The smallest absolute Gasteiger partial charge is 0.410 e. The largest absolute Gasteiger partial charge is 0.494 e. The number of ether oxygens (including phenoxy) is 3. The van der Waals surface area contributed by atoms with E-state index in [-0.39, 0.29) is 12.2 Å². The van der Waals surface area contributed by atoms with Gasteiger partial charge in [0.25, 0.3) is 0 Å². The molecule has 5 nitrogen and oxygen atoms in total. The third kappa shape index (κ3) is 5.75. The summed E-state index contributed by atoms with van der Waals surface area (Å²) in [6.45, 7) is 9.94. The number of hydrogen-bond acceptors (Lipinski definition) is 4. The van der Waals surface area contributed by atoms with E-state index in [1.807, 2.05) is 52.0 Å². The number of morpholine rings is 1. The van der Waals surface area contributed by atoms with Gasteiger partial charge in [0.15, 0.2) is 0 Å². The Bertz CT molecular complexity index is 507. The summed E-state index contributed by atoms with van der Waals surface area (Å²) in [5, 5.41) is 0. The molecule has 0 aromatic heterocycles. The third-order valence-corrected chi connectivity index (χ3v) is 3.49. The Morgan fingerprint density at radius 2 is 2.00 bits per heavy atom. The van der Waals surface area contributed by atoms with Gasteiger partial charge < -0.3 is 19.1 Å². The van der Waals surface area contributed by atoms with Crippen molar-refractivity contribution in [2.75, 3.05) is 26.3 Å². The number of carbonyl (C=O) groups excluding carboxylic acids is 1. The van der Waals surface area contributed by atoms with Gasteiger partial charge in [0, 0.05) is 13.0 Å². The van der Waals surface area contributed by atoms with Gasteiger partial charge in [-0.1, -0.05) is 12.1 Å². The van der Waals surface area contributed by atoms with Crippen LogP contribution in [-0.4, -0.2) is 49.0 Å². The van der Waals surface area contributed by atoms with Crippen molar-refractivity contribution in [1.82, 2.24) is 4.90 Å². The second-order valence-electron chi connectivity index (χ2n) is 6.70. The first-order valence-electron chi connectivity index (χ1n) is 8.18. The van der Waals surface area contributed by atoms with E-state index in [9.17, 15) is 4.79 Å². The maximum Gasteiger partial charge on any atom is 0.410 e. The second kappa shape index (κ2) is 7.68. The molecule has 23 heavy (non-hydrogen) atoms. The van der Waals surface area contributed by atoms with Crippen LogP contribution in [0.1, 0.15) is 33.3 Å². The highest BCUT2D eigenvalue weighted by molar-refractivity contribution is 5.68. The zero-order chi connectivity index (χ0) is 16.9. The SMILES string of the molecule is CCOc1ccc(C[C@@H]2CN(C(=O)OC(C)(C)C)CCO2)cc1. The number of benzene rings is 1. The maximum atomic E-state index is 12.2. The van der Waals surface area contributed by atoms with Crippen molar-refractivity contribution in [3.05, 3.63) is 29.8 Å². The Morgan fingerprint density at radius 1 is 1.30 bits per heavy atom. The van der Waals surface area contributed by atoms with Crippen LogP contribution < -0.4 is 4.74 Å². The minimum atomic E-state index is -0.472. The van der Waals surface area contributed by atoms with Gasteiger partial charge in [0.1, 0.15) is 11.4 Å². The van der Waals surface area contributed by atoms with E-state index in [0.717, 1.165) is 12.2 Å². The predicted octanol–water partition coefficient (Wildman–Crippen LogP) is 3.26. The topological polar surface area (TPSA) is 48.0 Å². The molecule has 1 aromatic carbocycles. The Labute approximate surface area is 138 Å². The number of carbonyl (C=O) groups is 1. The standard InChI is InChI=1S/C18H27NO4/c1-5-21-15-8-6-14(7-9-15)12-16-13-19(10-11-22-16)17(20)23-18(2,3)4/h6-9,16H,5,10-13H2,1-4H3/t16-/m1/s1. The van der Waals surface area contributed by atoms with E-state index in [4.69, 9.17) is 14.2 Å². The van der Waals surface area contributed by atoms with Crippen molar-refractivity contribution in [2.45, 2.75) is 45.8 Å². The lowest BCUT2D eigenvalue weighted by atomic mass is 10.1. The molecule has 0 saturated carbocycles. The minimum absolute atomic E-state index is 0.00536. The summed E-state index contributed by atoms with van der Waals surface area (Å²) in [6, 6.07) is 8.02. The van der Waals surface area contributed by atoms with Gasteiger partial charge in [-0.3, -0.25) is 0 Å². The minimum Gasteiger partial charge on any atom is -0.494 e. The van der Waals surface area contributed by atoms with Crippen LogP contribution in [0.15, 0.2) is 24.3 Å². The lowest BCUT2D eigenvalue weighted by molar-refractivity contribution is -0.0415. The Morgan fingerprint density at radius 3 is 2.61 bits per heavy atom. The lowest BCUT2D eigenvalue weighted by Gasteiger charge is -2.34. The van der Waals surface area contributed by atoms with Crippen LogP contribution in [0.2, 0.25) is 0 Å². The van der Waals surface area contributed by atoms with Crippen LogP contribution in [0.3, 0.4) is 0 Å². The predicted molar refractivity (Wildman–Crippen MR) is 88.9 cm³/mol. The van der Waals surface area contributed by atoms with E-state index >= 15 is 0 Å². The van der Waals surface area contributed by atoms with Crippen molar-refractivity contribution < 1.29 is 19.0 Å². The van der Waals surface area contributed by atoms with Gasteiger partial charge in [-0.05, 0) is 45.4 Å². The second-order valence-corrected chi connectivity index (χ2v) is 6.70. The molecular formula is C18H27NO4. The maximum absolute atomic E-state index is 12.2. The summed E-state index contributed by atoms with van der Waals surface area (Å²) < 4.78 is 16.7. The van der Waals surface area contributed by atoms with Crippen molar-refractivity contribution in [2.24, 2.45) is 0 Å². The van der Waals surface area contributed by atoms with Crippen LogP contribution in [-0.2, 0) is 15.9 Å². The van der Waals surface area contributed by atoms with Gasteiger partial charge in [-0.15, -0.1) is 0 Å². The summed E-state index contributed by atoms with van der Waals surface area (Å²) in [4.78, 5) is 13.9. The molecule has 0 aliphatic carbocycles. The highest BCUT2D eigenvalue weighted by Gasteiger charge is 2.28. The quantitative estimate of drug-likeness (QED) is 0.854. The molecule has 0 spiro atoms. The fraction of sp³-hybridized carbons (Fsp3) is 0.611. The zero-order valence-electron chi connectivity index (χ0n) is 14.5. The Hall–Kier alpha value is -1.75. The molecule has 128 valence electrons. The highest BCUT2D eigenvalue weighted by atomic mass is 16.6. The molecule has 1 aliphatic rings. The van der Waals surface area contributed by atoms with E-state index < -0.39 is 5.60 Å². The van der Waals surface area contributed by atoms with Crippen LogP contribution in [0.4, 0.5) is 4.79 Å². The third-order valence-electron chi connectivity index (χ3n) is 3.49. The molecule has 0 N–H and O–H groups in total. The summed E-state index contributed by atoms with van der Waals surface area (Å²) in [5.74, 6) is 0.871. The molecule has 1 aromatic rings. The number of amides is 1. The fourth-order valence-electron chi connectivity index (χ4n) is 2.49. The van der Waals surface area contributed by atoms with Crippen molar-refractivity contribution >= 4 is 6.09 Å². The van der Waals surface area contributed by atoms with Gasteiger partial charge in [0.2, 0.25) is 0 Å². The lowest BCUT2D eigenvalue weighted by Crippen LogP contribution is -2.48. The molecule has 2 rings (SSSR count). The van der Waals surface area contributed by atoms with Gasteiger partial charge in [-0.2, -0.15) is 0 Å². The molecule has 0 radical (unpaired) electrons. The van der Waals surface area contributed by atoms with Crippen LogP contribution in [0.25, 0.3) is 0 Å².